The van der Waals surface area contributed by atoms with Crippen LogP contribution < -0.4 is 0 Å². The molecule has 1 radical (unpaired) electrons. The van der Waals surface area contributed by atoms with Crippen molar-refractivity contribution in [2.45, 2.75) is 31.9 Å². The quantitative estimate of drug-likeness (QED) is 0.679. The number of amides is 1. The van der Waals surface area contributed by atoms with Gasteiger partial charge in [0.1, 0.15) is 0 Å². The first kappa shape index (κ1) is 10.9. The average Bonchev–Trinajstić information content (AvgIpc) is 2.11. The molecular formula is C10H18NOS. The topological polar surface area (TPSA) is 20.3 Å². The predicted octanol–water partition coefficient (Wildman–Crippen LogP) is 1.95. The molecule has 0 atom stereocenters. The third-order valence-electron chi connectivity index (χ3n) is 2.11. The second kappa shape index (κ2) is 4.36. The number of carbonyl (C=O) groups excluding carboxylic acids is 1. The third kappa shape index (κ3) is 3.22. The highest BCUT2D eigenvalue weighted by Crippen LogP contribution is 2.30. The Morgan fingerprint density at radius 2 is 2.31 bits per heavy atom. The minimum atomic E-state index is 0.0135. The van der Waals surface area contributed by atoms with Crippen LogP contribution in [-0.2, 0) is 4.79 Å². The van der Waals surface area contributed by atoms with E-state index < -0.39 is 0 Å². The summed E-state index contributed by atoms with van der Waals surface area (Å²) in [6, 6.07) is 0. The predicted molar refractivity (Wildman–Crippen MR) is 57.7 cm³/mol. The van der Waals surface area contributed by atoms with Gasteiger partial charge in [0, 0.05) is 23.6 Å². The molecule has 1 rings (SSSR count). The molecule has 1 aliphatic heterocycles. The van der Waals surface area contributed by atoms with Crippen LogP contribution >= 0.6 is 11.8 Å². The van der Waals surface area contributed by atoms with Crippen molar-refractivity contribution in [3.05, 3.63) is 6.42 Å². The minimum absolute atomic E-state index is 0.0135. The number of carbonyl (C=O) groups is 1. The van der Waals surface area contributed by atoms with Gasteiger partial charge < -0.3 is 4.90 Å². The molecule has 0 unspecified atom stereocenters. The summed E-state index contributed by atoms with van der Waals surface area (Å²) in [7, 11) is 0. The fourth-order valence-electron chi connectivity index (χ4n) is 1.45. The Kier molecular flexibility index (Phi) is 3.65. The Labute approximate surface area is 85.1 Å². The largest absolute Gasteiger partial charge is 0.342 e. The molecule has 0 aromatic heterocycles. The number of nitrogens with zero attached hydrogens (tertiary/aromatic N) is 1. The van der Waals surface area contributed by atoms with Crippen LogP contribution in [0.15, 0.2) is 0 Å². The van der Waals surface area contributed by atoms with Gasteiger partial charge in [-0.2, -0.15) is 11.8 Å². The molecule has 3 heteroatoms. The highest BCUT2D eigenvalue weighted by Gasteiger charge is 2.29. The van der Waals surface area contributed by atoms with Crippen molar-refractivity contribution in [1.29, 1.82) is 0 Å². The second-order valence-electron chi connectivity index (χ2n) is 3.92. The van der Waals surface area contributed by atoms with Crippen LogP contribution in [0.25, 0.3) is 0 Å². The SMILES string of the molecule is CCCN1CCSC(C)(C)[CH]C1=O. The number of thioether (sulfide) groups is 1. The van der Waals surface area contributed by atoms with E-state index in [1.54, 1.807) is 0 Å². The zero-order valence-electron chi connectivity index (χ0n) is 8.67. The summed E-state index contributed by atoms with van der Waals surface area (Å²) >= 11 is 1.86. The molecule has 1 fully saturated rings. The van der Waals surface area contributed by atoms with E-state index in [1.807, 2.05) is 23.1 Å². The fraction of sp³-hybridized carbons (Fsp3) is 0.800. The average molecular weight is 200 g/mol. The van der Waals surface area contributed by atoms with E-state index in [0.29, 0.717) is 0 Å². The van der Waals surface area contributed by atoms with Gasteiger partial charge in [-0.15, -0.1) is 0 Å². The van der Waals surface area contributed by atoms with Crippen LogP contribution in [0.2, 0.25) is 0 Å². The first-order chi connectivity index (χ1) is 6.05. The van der Waals surface area contributed by atoms with Gasteiger partial charge in [-0.1, -0.05) is 6.92 Å². The first-order valence-corrected chi connectivity index (χ1v) is 5.82. The van der Waals surface area contributed by atoms with Crippen LogP contribution in [0.4, 0.5) is 0 Å². The summed E-state index contributed by atoms with van der Waals surface area (Å²) < 4.78 is 0.0135. The molecule has 1 amide bonds. The zero-order chi connectivity index (χ0) is 9.90. The summed E-state index contributed by atoms with van der Waals surface area (Å²) in [5.74, 6) is 1.26. The highest BCUT2D eigenvalue weighted by atomic mass is 32.2. The van der Waals surface area contributed by atoms with Crippen molar-refractivity contribution in [3.8, 4) is 0 Å². The fourth-order valence-corrected chi connectivity index (χ4v) is 2.47. The van der Waals surface area contributed by atoms with Crippen LogP contribution in [0.1, 0.15) is 27.2 Å². The zero-order valence-corrected chi connectivity index (χ0v) is 9.49. The van der Waals surface area contributed by atoms with E-state index in [9.17, 15) is 4.79 Å². The summed E-state index contributed by atoms with van der Waals surface area (Å²) in [5.41, 5.74) is 0. The van der Waals surface area contributed by atoms with Gasteiger partial charge >= 0.3 is 0 Å². The lowest BCUT2D eigenvalue weighted by Gasteiger charge is -2.21. The summed E-state index contributed by atoms with van der Waals surface area (Å²) in [6.07, 6.45) is 2.89. The van der Waals surface area contributed by atoms with Crippen molar-refractivity contribution >= 4 is 17.7 Å². The lowest BCUT2D eigenvalue weighted by molar-refractivity contribution is -0.127. The Bertz CT molecular complexity index is 191. The van der Waals surface area contributed by atoms with Gasteiger partial charge in [-0.05, 0) is 20.3 Å². The van der Waals surface area contributed by atoms with Crippen molar-refractivity contribution < 1.29 is 4.79 Å². The lowest BCUT2D eigenvalue weighted by atomic mass is 10.1. The standard InChI is InChI=1S/C10H18NOS/c1-4-5-11-6-7-13-10(2,3)8-9(11)12/h8H,4-7H2,1-3H3. The van der Waals surface area contributed by atoms with Gasteiger partial charge in [0.2, 0.25) is 5.91 Å². The smallest absolute Gasteiger partial charge is 0.227 e. The van der Waals surface area contributed by atoms with Crippen molar-refractivity contribution in [1.82, 2.24) is 4.90 Å². The summed E-state index contributed by atoms with van der Waals surface area (Å²) in [5, 5.41) is 0. The summed E-state index contributed by atoms with van der Waals surface area (Å²) in [6.45, 7) is 8.11. The van der Waals surface area contributed by atoms with Crippen LogP contribution in [-0.4, -0.2) is 34.4 Å². The Balaban J connectivity index is 2.57. The molecule has 0 aliphatic carbocycles. The number of rotatable bonds is 2. The van der Waals surface area contributed by atoms with Crippen molar-refractivity contribution in [2.24, 2.45) is 0 Å². The number of hydrogen-bond acceptors (Lipinski definition) is 2. The van der Waals surface area contributed by atoms with Gasteiger partial charge in [0.15, 0.2) is 0 Å². The Hall–Kier alpha value is -0.180. The monoisotopic (exact) mass is 200 g/mol. The molecule has 0 aromatic rings. The molecule has 1 saturated heterocycles. The van der Waals surface area contributed by atoms with Crippen LogP contribution in [0, 0.1) is 6.42 Å². The molecule has 0 saturated carbocycles. The molecular weight excluding hydrogens is 182 g/mol. The molecule has 0 spiro atoms. The number of hydrogen-bond donors (Lipinski definition) is 0. The van der Waals surface area contributed by atoms with Gasteiger partial charge in [-0.25, -0.2) is 0 Å². The molecule has 0 aromatic carbocycles. The van der Waals surface area contributed by atoms with Crippen LogP contribution in [0.5, 0.6) is 0 Å². The first-order valence-electron chi connectivity index (χ1n) is 4.84. The van der Waals surface area contributed by atoms with E-state index in [0.717, 1.165) is 25.3 Å². The molecule has 75 valence electrons. The molecule has 0 N–H and O–H groups in total. The van der Waals surface area contributed by atoms with Gasteiger partial charge in [0.05, 0.1) is 6.42 Å². The van der Waals surface area contributed by atoms with Crippen molar-refractivity contribution in [3.63, 3.8) is 0 Å². The highest BCUT2D eigenvalue weighted by molar-refractivity contribution is 8.00. The van der Waals surface area contributed by atoms with E-state index in [2.05, 4.69) is 20.8 Å². The van der Waals surface area contributed by atoms with E-state index in [4.69, 9.17) is 0 Å². The molecule has 1 heterocycles. The maximum atomic E-state index is 11.7. The maximum absolute atomic E-state index is 11.7. The van der Waals surface area contributed by atoms with Crippen molar-refractivity contribution in [2.75, 3.05) is 18.8 Å². The van der Waals surface area contributed by atoms with Crippen LogP contribution in [0.3, 0.4) is 0 Å². The molecule has 13 heavy (non-hydrogen) atoms. The maximum Gasteiger partial charge on any atom is 0.227 e. The summed E-state index contributed by atoms with van der Waals surface area (Å²) in [4.78, 5) is 13.6. The van der Waals surface area contributed by atoms with E-state index in [-0.39, 0.29) is 10.7 Å². The molecule has 2 nitrogen and oxygen atoms in total. The lowest BCUT2D eigenvalue weighted by Crippen LogP contribution is -2.34. The third-order valence-corrected chi connectivity index (χ3v) is 3.36. The minimum Gasteiger partial charge on any atom is -0.342 e. The molecule has 1 aliphatic rings. The van der Waals surface area contributed by atoms with E-state index >= 15 is 0 Å². The van der Waals surface area contributed by atoms with E-state index in [1.165, 1.54) is 0 Å². The second-order valence-corrected chi connectivity index (χ2v) is 5.67. The normalized spacial score (nSPS) is 23.0. The Morgan fingerprint density at radius 3 is 2.92 bits per heavy atom. The molecule has 0 bridgehead atoms. The van der Waals surface area contributed by atoms with Gasteiger partial charge in [-0.3, -0.25) is 4.79 Å². The Morgan fingerprint density at radius 1 is 1.62 bits per heavy atom. The van der Waals surface area contributed by atoms with Gasteiger partial charge in [0.25, 0.3) is 0 Å².